The van der Waals surface area contributed by atoms with E-state index in [1.54, 1.807) is 30.5 Å². The number of fused-ring (bicyclic) bond motifs is 1. The van der Waals surface area contributed by atoms with Gasteiger partial charge in [-0.25, -0.2) is 4.98 Å². The zero-order chi connectivity index (χ0) is 35.0. The second kappa shape index (κ2) is 13.3. The summed E-state index contributed by atoms with van der Waals surface area (Å²) < 4.78 is 17.2. The lowest BCUT2D eigenvalue weighted by Gasteiger charge is -2.36. The van der Waals surface area contributed by atoms with Crippen molar-refractivity contribution in [3.8, 4) is 17.5 Å². The smallest absolute Gasteiger partial charge is 0.316 e. The topological polar surface area (TPSA) is 149 Å². The second-order valence-electron chi connectivity index (χ2n) is 13.3. The summed E-state index contributed by atoms with van der Waals surface area (Å²) in [6.45, 7) is 4.68. The highest BCUT2D eigenvalue weighted by molar-refractivity contribution is 6.23. The minimum absolute atomic E-state index is 0.0444. The van der Waals surface area contributed by atoms with Gasteiger partial charge in [0.1, 0.15) is 30.3 Å². The zero-order valence-electron chi connectivity index (χ0n) is 28.0. The van der Waals surface area contributed by atoms with Gasteiger partial charge in [0.25, 0.3) is 11.8 Å². The molecule has 2 aliphatic heterocycles. The molecule has 1 aromatic heterocycles. The summed E-state index contributed by atoms with van der Waals surface area (Å²) in [5.74, 6) is -0.516. The number of carbonyl (C=O) groups is 4. The van der Waals surface area contributed by atoms with Gasteiger partial charge in [0.15, 0.2) is 0 Å². The van der Waals surface area contributed by atoms with Crippen LogP contribution in [0.4, 0.5) is 5.69 Å². The molecule has 50 heavy (non-hydrogen) atoms. The second-order valence-corrected chi connectivity index (χ2v) is 13.3. The molecule has 4 aromatic rings. The molecular weight excluding hydrogens is 638 g/mol. The molecular formula is C38H37N5O7. The molecule has 1 aliphatic carbocycles. The van der Waals surface area contributed by atoms with Gasteiger partial charge in [0.2, 0.25) is 11.8 Å². The van der Waals surface area contributed by atoms with Crippen LogP contribution in [0.3, 0.4) is 0 Å². The van der Waals surface area contributed by atoms with Gasteiger partial charge < -0.3 is 19.5 Å². The number of piperidine rings is 1. The molecule has 7 rings (SSSR count). The van der Waals surface area contributed by atoms with E-state index in [-0.39, 0.29) is 41.5 Å². The lowest BCUT2D eigenvalue weighted by molar-refractivity contribution is -0.136. The van der Waals surface area contributed by atoms with Crippen molar-refractivity contribution in [2.45, 2.75) is 69.7 Å². The Kier molecular flexibility index (Phi) is 8.69. The van der Waals surface area contributed by atoms with Crippen LogP contribution in [-0.4, -0.2) is 63.8 Å². The molecule has 0 spiro atoms. The Morgan fingerprint density at radius 2 is 1.56 bits per heavy atom. The number of aromatic nitrogens is 2. The highest BCUT2D eigenvalue weighted by Crippen LogP contribution is 2.36. The Bertz CT molecular complexity index is 1960. The van der Waals surface area contributed by atoms with Crippen LogP contribution in [0.2, 0.25) is 0 Å². The average Bonchev–Trinajstić information content (AvgIpc) is 3.35. The standard InChI is InChI=1S/C38H37N5O7/c1-38(2,22-4-9-27(10-5-22)49-21-25-16-17-39-37(41-25)48-3)23-6-11-28(12-7-23)50-29-18-26(19-29)40-24-8-13-30-31(20-24)36(47)43(35(30)46)32-14-15-33(44)42-34(32)45/h4-13,16-17,20,26,29,32,40H,14-15,18-19,21H2,1-3H3,(H,42,44,45). The summed E-state index contributed by atoms with van der Waals surface area (Å²) in [5, 5.41) is 5.65. The van der Waals surface area contributed by atoms with Crippen molar-refractivity contribution in [2.24, 2.45) is 0 Å². The van der Waals surface area contributed by atoms with Crippen molar-refractivity contribution in [3.63, 3.8) is 0 Å². The normalized spacial score (nSPS) is 20.1. The Labute approximate surface area is 289 Å². The first-order chi connectivity index (χ1) is 24.1. The van der Waals surface area contributed by atoms with Crippen LogP contribution >= 0.6 is 0 Å². The van der Waals surface area contributed by atoms with Crippen molar-refractivity contribution in [1.82, 2.24) is 20.2 Å². The maximum absolute atomic E-state index is 13.2. The van der Waals surface area contributed by atoms with Crippen LogP contribution in [0.1, 0.15) is 77.1 Å². The fourth-order valence-electron chi connectivity index (χ4n) is 6.57. The molecule has 2 N–H and O–H groups in total. The highest BCUT2D eigenvalue weighted by atomic mass is 16.5. The number of nitrogens with one attached hydrogen (secondary N) is 2. The lowest BCUT2D eigenvalue weighted by Crippen LogP contribution is -2.54. The number of anilines is 1. The maximum atomic E-state index is 13.2. The van der Waals surface area contributed by atoms with E-state index in [4.69, 9.17) is 14.2 Å². The van der Waals surface area contributed by atoms with Crippen LogP contribution in [0.5, 0.6) is 17.5 Å². The van der Waals surface area contributed by atoms with Crippen molar-refractivity contribution >= 4 is 29.3 Å². The number of nitrogens with zero attached hydrogens (tertiary/aromatic N) is 3. The summed E-state index contributed by atoms with van der Waals surface area (Å²) in [6, 6.07) is 22.6. The number of imide groups is 2. The minimum Gasteiger partial charge on any atom is -0.490 e. The molecule has 1 saturated carbocycles. The van der Waals surface area contributed by atoms with Gasteiger partial charge in [-0.3, -0.25) is 29.4 Å². The van der Waals surface area contributed by atoms with E-state index in [1.165, 1.54) is 7.11 Å². The lowest BCUT2D eigenvalue weighted by atomic mass is 9.78. The molecule has 12 heteroatoms. The molecule has 12 nitrogen and oxygen atoms in total. The first kappa shape index (κ1) is 32.8. The van der Waals surface area contributed by atoms with E-state index in [0.29, 0.717) is 12.6 Å². The van der Waals surface area contributed by atoms with E-state index < -0.39 is 29.7 Å². The fourth-order valence-corrected chi connectivity index (χ4v) is 6.57. The number of hydrogen-bond acceptors (Lipinski definition) is 10. The third-order valence-corrected chi connectivity index (χ3v) is 9.62. The third-order valence-electron chi connectivity index (χ3n) is 9.62. The molecule has 3 heterocycles. The predicted molar refractivity (Wildman–Crippen MR) is 182 cm³/mol. The number of benzene rings is 3. The largest absolute Gasteiger partial charge is 0.490 e. The Morgan fingerprint density at radius 1 is 0.880 bits per heavy atom. The first-order valence-corrected chi connectivity index (χ1v) is 16.6. The Hall–Kier alpha value is -5.78. The van der Waals surface area contributed by atoms with Gasteiger partial charge in [-0.2, -0.15) is 4.98 Å². The van der Waals surface area contributed by atoms with Crippen LogP contribution in [0, 0.1) is 0 Å². The van der Waals surface area contributed by atoms with Gasteiger partial charge in [-0.1, -0.05) is 38.1 Å². The van der Waals surface area contributed by atoms with Gasteiger partial charge in [0, 0.05) is 42.6 Å². The SMILES string of the molecule is COc1nccc(COc2ccc(C(C)(C)c3ccc(OC4CC(Nc5ccc6c(c5)C(=O)N(C5CCC(=O)NC5=O)C6=O)C4)cc3)cc2)n1. The molecule has 256 valence electrons. The van der Waals surface area contributed by atoms with E-state index in [9.17, 15) is 19.2 Å². The van der Waals surface area contributed by atoms with Crippen LogP contribution in [-0.2, 0) is 21.6 Å². The van der Waals surface area contributed by atoms with E-state index in [2.05, 4.69) is 58.7 Å². The van der Waals surface area contributed by atoms with Gasteiger partial charge in [-0.15, -0.1) is 0 Å². The van der Waals surface area contributed by atoms with Gasteiger partial charge in [-0.05, 0) is 66.1 Å². The summed E-state index contributed by atoms with van der Waals surface area (Å²) in [7, 11) is 1.53. The molecule has 1 unspecified atom stereocenters. The van der Waals surface area contributed by atoms with Gasteiger partial charge in [0.05, 0.1) is 23.9 Å². The number of methoxy groups -OCH3 is 1. The molecule has 0 bridgehead atoms. The fraction of sp³-hybridized carbons (Fsp3) is 0.316. The third kappa shape index (κ3) is 6.48. The van der Waals surface area contributed by atoms with E-state index in [1.807, 2.05) is 24.3 Å². The Morgan fingerprint density at radius 3 is 2.24 bits per heavy atom. The first-order valence-electron chi connectivity index (χ1n) is 16.6. The van der Waals surface area contributed by atoms with Crippen LogP contribution in [0.15, 0.2) is 79.0 Å². The van der Waals surface area contributed by atoms with Crippen LogP contribution in [0.25, 0.3) is 0 Å². The number of amides is 4. The zero-order valence-corrected chi connectivity index (χ0v) is 28.0. The quantitative estimate of drug-likeness (QED) is 0.212. The number of ether oxygens (including phenoxy) is 3. The van der Waals surface area contributed by atoms with Crippen molar-refractivity contribution in [3.05, 3.63) is 107 Å². The molecule has 1 saturated heterocycles. The molecule has 2 fully saturated rings. The monoisotopic (exact) mass is 675 g/mol. The number of rotatable bonds is 11. The summed E-state index contributed by atoms with van der Waals surface area (Å²) in [6.07, 6.45) is 3.44. The molecule has 3 aromatic carbocycles. The van der Waals surface area contributed by atoms with Crippen molar-refractivity contribution in [2.75, 3.05) is 12.4 Å². The van der Waals surface area contributed by atoms with E-state index in [0.717, 1.165) is 51.7 Å². The van der Waals surface area contributed by atoms with Crippen molar-refractivity contribution in [1.29, 1.82) is 0 Å². The van der Waals surface area contributed by atoms with Crippen LogP contribution < -0.4 is 24.8 Å². The maximum Gasteiger partial charge on any atom is 0.316 e. The molecule has 3 aliphatic rings. The molecule has 0 radical (unpaired) electrons. The number of carbonyl (C=O) groups excluding carboxylic acids is 4. The van der Waals surface area contributed by atoms with Crippen molar-refractivity contribution < 1.29 is 33.4 Å². The van der Waals surface area contributed by atoms with E-state index >= 15 is 0 Å². The molecule has 4 amide bonds. The summed E-state index contributed by atoms with van der Waals surface area (Å²) in [4.78, 5) is 59.3. The summed E-state index contributed by atoms with van der Waals surface area (Å²) >= 11 is 0. The summed E-state index contributed by atoms with van der Waals surface area (Å²) in [5.41, 5.74) is 4.02. The molecule has 1 atom stereocenters. The predicted octanol–water partition coefficient (Wildman–Crippen LogP) is 4.81. The minimum atomic E-state index is -0.985. The van der Waals surface area contributed by atoms with Gasteiger partial charge >= 0.3 is 6.01 Å². The average molecular weight is 676 g/mol. The number of hydrogen-bond donors (Lipinski definition) is 2. The Balaban J connectivity index is 0.902. The highest BCUT2D eigenvalue weighted by Gasteiger charge is 2.44.